The van der Waals surface area contributed by atoms with Gasteiger partial charge in [-0.1, -0.05) is 0 Å². The van der Waals surface area contributed by atoms with Crippen LogP contribution in [0, 0.1) is 5.92 Å². The van der Waals surface area contributed by atoms with Gasteiger partial charge in [0.05, 0.1) is 11.2 Å². The van der Waals surface area contributed by atoms with E-state index in [-0.39, 0.29) is 24.4 Å². The molecule has 19 heavy (non-hydrogen) atoms. The normalized spacial score (nSPS) is 29.8. The van der Waals surface area contributed by atoms with E-state index in [0.29, 0.717) is 6.61 Å². The van der Waals surface area contributed by atoms with Gasteiger partial charge in [-0.3, -0.25) is 0 Å². The molecule has 2 aliphatic rings. The molecule has 5 heteroatoms. The SMILES string of the molecule is CC(O)(CCCC(F)(F)F)C1CCOC2(CCC2)C1. The molecule has 0 aromatic heterocycles. The topological polar surface area (TPSA) is 29.5 Å². The average molecular weight is 280 g/mol. The zero-order valence-corrected chi connectivity index (χ0v) is 11.4. The van der Waals surface area contributed by atoms with Crippen molar-refractivity contribution in [3.63, 3.8) is 0 Å². The number of ether oxygens (including phenoxy) is 1. The van der Waals surface area contributed by atoms with Crippen molar-refractivity contribution in [2.45, 2.75) is 75.7 Å². The van der Waals surface area contributed by atoms with Crippen LogP contribution in [-0.2, 0) is 4.74 Å². The fourth-order valence-corrected chi connectivity index (χ4v) is 3.33. The first-order valence-corrected chi connectivity index (χ1v) is 7.16. The molecular weight excluding hydrogens is 257 g/mol. The number of rotatable bonds is 4. The molecule has 112 valence electrons. The lowest BCUT2D eigenvalue weighted by Crippen LogP contribution is -2.50. The van der Waals surface area contributed by atoms with E-state index >= 15 is 0 Å². The molecule has 1 N–H and O–H groups in total. The van der Waals surface area contributed by atoms with E-state index in [0.717, 1.165) is 32.1 Å². The molecule has 2 rings (SSSR count). The first-order chi connectivity index (χ1) is 8.73. The van der Waals surface area contributed by atoms with Crippen molar-refractivity contribution in [3.8, 4) is 0 Å². The fourth-order valence-electron chi connectivity index (χ4n) is 3.33. The van der Waals surface area contributed by atoms with Crippen LogP contribution in [0.1, 0.15) is 58.3 Å². The summed E-state index contributed by atoms with van der Waals surface area (Å²) in [4.78, 5) is 0. The van der Waals surface area contributed by atoms with Gasteiger partial charge in [-0.25, -0.2) is 0 Å². The van der Waals surface area contributed by atoms with Crippen LogP contribution in [0.2, 0.25) is 0 Å². The molecule has 0 aromatic carbocycles. The minimum atomic E-state index is -4.12. The van der Waals surface area contributed by atoms with E-state index in [2.05, 4.69) is 0 Å². The number of halogens is 3. The Balaban J connectivity index is 1.84. The smallest absolute Gasteiger partial charge is 0.389 e. The van der Waals surface area contributed by atoms with Crippen molar-refractivity contribution in [1.29, 1.82) is 0 Å². The van der Waals surface area contributed by atoms with E-state index in [9.17, 15) is 18.3 Å². The summed E-state index contributed by atoms with van der Waals surface area (Å²) in [5, 5.41) is 10.5. The van der Waals surface area contributed by atoms with Crippen molar-refractivity contribution in [3.05, 3.63) is 0 Å². The Morgan fingerprint density at radius 3 is 2.47 bits per heavy atom. The van der Waals surface area contributed by atoms with Crippen molar-refractivity contribution in [2.75, 3.05) is 6.61 Å². The minimum Gasteiger partial charge on any atom is -0.390 e. The first-order valence-electron chi connectivity index (χ1n) is 7.16. The summed E-state index contributed by atoms with van der Waals surface area (Å²) in [6.45, 7) is 2.31. The van der Waals surface area contributed by atoms with E-state index in [1.165, 1.54) is 0 Å². The Hall–Kier alpha value is -0.290. The lowest BCUT2D eigenvalue weighted by atomic mass is 9.67. The van der Waals surface area contributed by atoms with E-state index in [1.54, 1.807) is 6.92 Å². The summed E-state index contributed by atoms with van der Waals surface area (Å²) in [6, 6.07) is 0. The maximum atomic E-state index is 12.2. The van der Waals surface area contributed by atoms with Crippen LogP contribution < -0.4 is 0 Å². The summed E-state index contributed by atoms with van der Waals surface area (Å²) in [7, 11) is 0. The highest BCUT2D eigenvalue weighted by atomic mass is 19.4. The molecule has 0 bridgehead atoms. The monoisotopic (exact) mass is 280 g/mol. The molecule has 2 atom stereocenters. The Labute approximate surface area is 112 Å². The van der Waals surface area contributed by atoms with Gasteiger partial charge < -0.3 is 9.84 Å². The number of aliphatic hydroxyl groups is 1. The largest absolute Gasteiger partial charge is 0.390 e. The Bertz CT molecular complexity index is 308. The van der Waals surface area contributed by atoms with E-state index in [1.807, 2.05) is 0 Å². The highest BCUT2D eigenvalue weighted by Crippen LogP contribution is 2.47. The average Bonchev–Trinajstić information content (AvgIpc) is 2.25. The molecule has 1 aliphatic carbocycles. The second-order valence-corrected chi connectivity index (χ2v) is 6.40. The van der Waals surface area contributed by atoms with E-state index < -0.39 is 18.2 Å². The zero-order valence-electron chi connectivity index (χ0n) is 11.4. The predicted molar refractivity (Wildman–Crippen MR) is 65.8 cm³/mol. The standard InChI is InChI=1S/C14H23F3O2/c1-12(18,5-2-8-14(15,16)17)11-4-9-19-13(10-11)6-3-7-13/h11,18H,2-10H2,1H3. The van der Waals surface area contributed by atoms with Gasteiger partial charge in [0, 0.05) is 13.0 Å². The molecule has 0 aromatic rings. The van der Waals surface area contributed by atoms with Gasteiger partial charge in [0.15, 0.2) is 0 Å². The van der Waals surface area contributed by atoms with Gasteiger partial charge in [-0.2, -0.15) is 13.2 Å². The summed E-state index contributed by atoms with van der Waals surface area (Å²) < 4.78 is 42.3. The van der Waals surface area contributed by atoms with Crippen molar-refractivity contribution in [2.24, 2.45) is 5.92 Å². The van der Waals surface area contributed by atoms with Gasteiger partial charge in [0.1, 0.15) is 0 Å². The molecule has 1 aliphatic heterocycles. The lowest BCUT2D eigenvalue weighted by Gasteiger charge is -2.50. The third-order valence-corrected chi connectivity index (χ3v) is 4.78. The molecule has 0 radical (unpaired) electrons. The highest BCUT2D eigenvalue weighted by Gasteiger charge is 2.47. The molecule has 1 saturated heterocycles. The molecule has 1 heterocycles. The maximum Gasteiger partial charge on any atom is 0.389 e. The van der Waals surface area contributed by atoms with Crippen LogP contribution in [0.4, 0.5) is 13.2 Å². The van der Waals surface area contributed by atoms with Crippen LogP contribution in [0.25, 0.3) is 0 Å². The Morgan fingerprint density at radius 2 is 1.95 bits per heavy atom. The van der Waals surface area contributed by atoms with E-state index in [4.69, 9.17) is 4.74 Å². The van der Waals surface area contributed by atoms with Gasteiger partial charge in [-0.15, -0.1) is 0 Å². The van der Waals surface area contributed by atoms with Crippen molar-refractivity contribution >= 4 is 0 Å². The first kappa shape index (κ1) is 15.1. The number of hydrogen-bond donors (Lipinski definition) is 1. The zero-order chi connectivity index (χ0) is 14.1. The van der Waals surface area contributed by atoms with Crippen molar-refractivity contribution < 1.29 is 23.0 Å². The maximum absolute atomic E-state index is 12.2. The fraction of sp³-hybridized carbons (Fsp3) is 1.00. The molecule has 0 amide bonds. The van der Waals surface area contributed by atoms with Crippen LogP contribution in [0.5, 0.6) is 0 Å². The van der Waals surface area contributed by atoms with Gasteiger partial charge >= 0.3 is 6.18 Å². The molecule has 1 spiro atoms. The summed E-state index contributed by atoms with van der Waals surface area (Å²) in [6.07, 6.45) is 0.0482. The predicted octanol–water partition coefficient (Wildman–Crippen LogP) is 3.82. The molecular formula is C14H23F3O2. The molecule has 2 fully saturated rings. The lowest BCUT2D eigenvalue weighted by molar-refractivity contribution is -0.176. The highest BCUT2D eigenvalue weighted by molar-refractivity contribution is 4.98. The van der Waals surface area contributed by atoms with Crippen LogP contribution in [0.15, 0.2) is 0 Å². The van der Waals surface area contributed by atoms with Crippen LogP contribution >= 0.6 is 0 Å². The summed E-state index contributed by atoms with van der Waals surface area (Å²) >= 11 is 0. The van der Waals surface area contributed by atoms with Gasteiger partial charge in [-0.05, 0) is 57.8 Å². The summed E-state index contributed by atoms with van der Waals surface area (Å²) in [5.74, 6) is 0.0646. The number of hydrogen-bond acceptors (Lipinski definition) is 2. The third kappa shape index (κ3) is 3.85. The van der Waals surface area contributed by atoms with Crippen LogP contribution in [0.3, 0.4) is 0 Å². The number of alkyl halides is 3. The van der Waals surface area contributed by atoms with Crippen molar-refractivity contribution in [1.82, 2.24) is 0 Å². The quantitative estimate of drug-likeness (QED) is 0.848. The van der Waals surface area contributed by atoms with Gasteiger partial charge in [0.25, 0.3) is 0 Å². The Morgan fingerprint density at radius 1 is 1.26 bits per heavy atom. The van der Waals surface area contributed by atoms with Crippen LogP contribution in [-0.4, -0.2) is 29.1 Å². The molecule has 2 nitrogen and oxygen atoms in total. The molecule has 2 unspecified atom stereocenters. The Kier molecular flexibility index (Phi) is 4.17. The third-order valence-electron chi connectivity index (χ3n) is 4.78. The summed E-state index contributed by atoms with van der Waals surface area (Å²) in [5.41, 5.74) is -1.07. The second-order valence-electron chi connectivity index (χ2n) is 6.40. The second kappa shape index (κ2) is 5.24. The molecule has 1 saturated carbocycles. The van der Waals surface area contributed by atoms with Gasteiger partial charge in [0.2, 0.25) is 0 Å². The minimum absolute atomic E-state index is 0.000850.